The predicted octanol–water partition coefficient (Wildman–Crippen LogP) is 0.629. The molecule has 3 nitrogen and oxygen atoms in total. The van der Waals surface area contributed by atoms with Crippen LogP contribution in [0.4, 0.5) is 0 Å². The highest BCUT2D eigenvalue weighted by Crippen LogP contribution is 1.73. The maximum absolute atomic E-state index is 9.62. The lowest BCUT2D eigenvalue weighted by atomic mass is 10.5. The molecule has 0 saturated heterocycles. The topological polar surface area (TPSA) is 39.2 Å². The molecule has 0 unspecified atom stereocenters. The Balaban J connectivity index is 0. The first-order valence-corrected chi connectivity index (χ1v) is 3.98. The van der Waals surface area contributed by atoms with Crippen LogP contribution in [0.2, 0.25) is 0 Å². The van der Waals surface area contributed by atoms with Crippen molar-refractivity contribution >= 4 is 22.6 Å². The van der Waals surface area contributed by atoms with Gasteiger partial charge in [0.1, 0.15) is 0 Å². The number of nitrogens with zero attached hydrogens (tertiary/aromatic N) is 1. The summed E-state index contributed by atoms with van der Waals surface area (Å²) in [5, 5.41) is 0. The summed E-state index contributed by atoms with van der Waals surface area (Å²) >= 11 is 0.524. The molecule has 0 saturated carbocycles. The van der Waals surface area contributed by atoms with Crippen LogP contribution in [0.1, 0.15) is 6.92 Å². The second kappa shape index (κ2) is 10.2. The molecule has 0 aliphatic heterocycles. The Labute approximate surface area is 81.5 Å². The maximum atomic E-state index is 9.62. The van der Waals surface area contributed by atoms with Gasteiger partial charge >= 0.3 is 16.6 Å². The quantitative estimate of drug-likeness (QED) is 0.552. The minimum atomic E-state index is -0.184. The largest absolute Gasteiger partial charge is 0.622 e. The molecule has 0 aromatic carbocycles. The van der Waals surface area contributed by atoms with Crippen LogP contribution in [0.25, 0.3) is 0 Å². The summed E-state index contributed by atoms with van der Waals surface area (Å²) in [5.74, 6) is -0.184. The average Bonchev–Trinajstić information content (AvgIpc) is 2.09. The van der Waals surface area contributed by atoms with Gasteiger partial charge in [0.15, 0.2) is 0 Å². The third-order valence-corrected chi connectivity index (χ3v) is 1.43. The summed E-state index contributed by atoms with van der Waals surface area (Å²) in [6, 6.07) is 5.72. The number of hydrogen-bond acceptors (Lipinski definition) is 3. The molecular weight excluding hydrogens is 169 g/mol. The minimum absolute atomic E-state index is 0. The first-order chi connectivity index (χ1) is 5.27. The van der Waals surface area contributed by atoms with Crippen molar-refractivity contribution in [2.24, 2.45) is 0 Å². The molecule has 1 radical (unpaired) electrons. The summed E-state index contributed by atoms with van der Waals surface area (Å²) in [4.78, 5) is 13.4. The second-order valence-corrected chi connectivity index (χ2v) is 2.13. The lowest BCUT2D eigenvalue weighted by Crippen LogP contribution is -1.90. The summed E-state index contributed by atoms with van der Waals surface area (Å²) in [5.41, 5.74) is 0. The molecule has 1 aromatic heterocycles. The van der Waals surface area contributed by atoms with Crippen molar-refractivity contribution in [3.8, 4) is 0 Å². The smallest absolute Gasteiger partial charge is 0.499 e. The molecule has 0 amide bonds. The molecular formula is C8H13AlNO2. The zero-order chi connectivity index (χ0) is 8.53. The van der Waals surface area contributed by atoms with Crippen LogP contribution in [0, 0.1) is 7.43 Å². The Kier molecular flexibility index (Phi) is 11.6. The Morgan fingerprint density at radius 2 is 1.75 bits per heavy atom. The highest BCUT2D eigenvalue weighted by atomic mass is 27.1. The van der Waals surface area contributed by atoms with Gasteiger partial charge in [-0.25, -0.2) is 0 Å². The fraction of sp³-hybridized carbons (Fsp3) is 0.125. The number of hydrogen-bond donors (Lipinski definition) is 0. The van der Waals surface area contributed by atoms with Crippen LogP contribution in [-0.4, -0.2) is 27.6 Å². The highest BCUT2D eigenvalue weighted by Gasteiger charge is 1.74. The van der Waals surface area contributed by atoms with Crippen LogP contribution in [0.5, 0.6) is 0 Å². The van der Waals surface area contributed by atoms with Gasteiger partial charge in [-0.2, -0.15) is 0 Å². The fourth-order valence-electron chi connectivity index (χ4n) is 0.313. The van der Waals surface area contributed by atoms with Crippen molar-refractivity contribution in [1.29, 1.82) is 0 Å². The Bertz CT molecular complexity index is 165. The van der Waals surface area contributed by atoms with Gasteiger partial charge in [-0.3, -0.25) is 9.78 Å². The van der Waals surface area contributed by atoms with E-state index in [1.807, 2.05) is 18.2 Å². The normalized spacial score (nSPS) is 6.75. The molecule has 1 rings (SSSR count). The monoisotopic (exact) mass is 182 g/mol. The van der Waals surface area contributed by atoms with Crippen LogP contribution >= 0.6 is 0 Å². The van der Waals surface area contributed by atoms with E-state index in [0.29, 0.717) is 16.6 Å². The van der Waals surface area contributed by atoms with Crippen LogP contribution < -0.4 is 0 Å². The molecule has 4 heteroatoms. The number of pyridine rings is 1. The van der Waals surface area contributed by atoms with Gasteiger partial charge in [0.05, 0.1) is 0 Å². The standard InChI is InChI=1S/C5H5N.C2H4O2.CH3.Al.2H/c1-2-4-6-5-3-1;1-2(3)4;;;;/h1-5H;1H3,(H,3,4);1H3;;;/q;;;+1;;/p-1. The second-order valence-electron chi connectivity index (χ2n) is 1.72. The molecule has 1 aromatic rings. The van der Waals surface area contributed by atoms with E-state index in [4.69, 9.17) is 0 Å². The number of carbonyl (C=O) groups is 1. The Morgan fingerprint density at radius 3 is 1.83 bits per heavy atom. The van der Waals surface area contributed by atoms with Crippen molar-refractivity contribution in [2.75, 3.05) is 0 Å². The minimum Gasteiger partial charge on any atom is -0.622 e. The third kappa shape index (κ3) is 11.9. The molecule has 0 atom stereocenters. The lowest BCUT2D eigenvalue weighted by molar-refractivity contribution is -0.131. The third-order valence-electron chi connectivity index (χ3n) is 0.854. The molecule has 0 aliphatic rings. The summed E-state index contributed by atoms with van der Waals surface area (Å²) in [6.45, 7) is 1.40. The molecule has 0 fully saturated rings. The predicted molar refractivity (Wildman–Crippen MR) is 51.0 cm³/mol. The zero-order valence-electron chi connectivity index (χ0n) is 7.65. The SMILES string of the molecule is CC(=O)[O][AlH2].[CH3].c1ccncc1. The van der Waals surface area contributed by atoms with Gasteiger partial charge in [0.2, 0.25) is 0 Å². The van der Waals surface area contributed by atoms with E-state index >= 15 is 0 Å². The molecule has 0 N–H and O–H groups in total. The molecule has 0 spiro atoms. The molecule has 65 valence electrons. The van der Waals surface area contributed by atoms with Crippen molar-refractivity contribution in [3.05, 3.63) is 38.0 Å². The van der Waals surface area contributed by atoms with Gasteiger partial charge in [-0.15, -0.1) is 0 Å². The highest BCUT2D eigenvalue weighted by molar-refractivity contribution is 6.04. The Hall–Kier alpha value is -0.848. The molecule has 0 aliphatic carbocycles. The van der Waals surface area contributed by atoms with E-state index in [9.17, 15) is 4.79 Å². The lowest BCUT2D eigenvalue weighted by Gasteiger charge is -1.84. The Morgan fingerprint density at radius 1 is 1.33 bits per heavy atom. The van der Waals surface area contributed by atoms with Gasteiger partial charge in [0.25, 0.3) is 5.97 Å². The van der Waals surface area contributed by atoms with Crippen molar-refractivity contribution in [2.45, 2.75) is 6.92 Å². The van der Waals surface area contributed by atoms with E-state index in [-0.39, 0.29) is 13.4 Å². The van der Waals surface area contributed by atoms with E-state index < -0.39 is 0 Å². The summed E-state index contributed by atoms with van der Waals surface area (Å²) in [6.07, 6.45) is 3.50. The van der Waals surface area contributed by atoms with Gasteiger partial charge in [-0.05, 0) is 12.1 Å². The van der Waals surface area contributed by atoms with Gasteiger partial charge in [0, 0.05) is 19.3 Å². The average molecular weight is 182 g/mol. The van der Waals surface area contributed by atoms with Crippen LogP contribution in [-0.2, 0) is 8.58 Å². The van der Waals surface area contributed by atoms with Gasteiger partial charge < -0.3 is 3.79 Å². The summed E-state index contributed by atoms with van der Waals surface area (Å²) < 4.78 is 4.25. The van der Waals surface area contributed by atoms with Crippen LogP contribution in [0.3, 0.4) is 0 Å². The van der Waals surface area contributed by atoms with Gasteiger partial charge in [-0.1, -0.05) is 13.5 Å². The molecule has 12 heavy (non-hydrogen) atoms. The molecule has 0 bridgehead atoms. The van der Waals surface area contributed by atoms with Crippen molar-refractivity contribution < 1.29 is 8.58 Å². The fourth-order valence-corrected chi connectivity index (χ4v) is 0.313. The number of aromatic nitrogens is 1. The van der Waals surface area contributed by atoms with E-state index in [1.165, 1.54) is 6.92 Å². The number of carbonyl (C=O) groups excluding carboxylic acids is 1. The summed E-state index contributed by atoms with van der Waals surface area (Å²) in [7, 11) is 0. The van der Waals surface area contributed by atoms with Crippen LogP contribution in [0.15, 0.2) is 30.6 Å². The van der Waals surface area contributed by atoms with E-state index in [1.54, 1.807) is 12.4 Å². The first-order valence-electron chi connectivity index (χ1n) is 3.17. The van der Waals surface area contributed by atoms with E-state index in [2.05, 4.69) is 8.77 Å². The van der Waals surface area contributed by atoms with Crippen molar-refractivity contribution in [1.82, 2.24) is 4.98 Å². The van der Waals surface area contributed by atoms with Crippen molar-refractivity contribution in [3.63, 3.8) is 0 Å². The van der Waals surface area contributed by atoms with E-state index in [0.717, 1.165) is 0 Å². The molecule has 1 heterocycles. The zero-order valence-corrected chi connectivity index (χ0v) is 9.65. The maximum Gasteiger partial charge on any atom is 0.499 e. The first kappa shape index (κ1) is 13.7. The number of rotatable bonds is 0.